The summed E-state index contributed by atoms with van der Waals surface area (Å²) in [5.41, 5.74) is 8.94. The number of hydrogen-bond donors (Lipinski definition) is 1. The van der Waals surface area contributed by atoms with Crippen molar-refractivity contribution in [2.24, 2.45) is 0 Å². The third-order valence-corrected chi connectivity index (χ3v) is 2.86. The smallest absolute Gasteiger partial charge is 0.228 e. The topological polar surface area (TPSA) is 52.0 Å². The van der Waals surface area contributed by atoms with E-state index in [1.165, 1.54) is 0 Å². The molecule has 2 aromatic heterocycles. The highest BCUT2D eigenvalue weighted by atomic mass is 32.1. The van der Waals surface area contributed by atoms with Gasteiger partial charge in [-0.3, -0.25) is 0 Å². The van der Waals surface area contributed by atoms with Crippen LogP contribution in [0.2, 0.25) is 0 Å². The quantitative estimate of drug-likeness (QED) is 0.636. The summed E-state index contributed by atoms with van der Waals surface area (Å²) < 4.78 is 5.61. The summed E-state index contributed by atoms with van der Waals surface area (Å²) in [4.78, 5) is 4.38. The van der Waals surface area contributed by atoms with E-state index < -0.39 is 0 Å². The van der Waals surface area contributed by atoms with Crippen LogP contribution in [0.25, 0.3) is 22.6 Å². The van der Waals surface area contributed by atoms with Crippen molar-refractivity contribution >= 4 is 28.1 Å². The summed E-state index contributed by atoms with van der Waals surface area (Å²) in [6, 6.07) is 7.46. The Morgan fingerprint density at radius 2 is 2.20 bits per heavy atom. The van der Waals surface area contributed by atoms with Crippen LogP contribution in [0.4, 0.5) is 5.69 Å². The molecule has 3 rings (SSSR count). The van der Waals surface area contributed by atoms with Crippen LogP contribution in [-0.2, 0) is 0 Å². The van der Waals surface area contributed by atoms with Gasteiger partial charge in [-0.15, -0.1) is 0 Å². The van der Waals surface area contributed by atoms with E-state index in [0.717, 1.165) is 16.7 Å². The SMILES string of the molecule is Nc1ccc2nc(-c3ccsc3)oc2c1. The summed E-state index contributed by atoms with van der Waals surface area (Å²) in [5.74, 6) is 0.650. The Kier molecular flexibility index (Phi) is 1.76. The molecule has 0 aliphatic rings. The number of thiophene rings is 1. The largest absolute Gasteiger partial charge is 0.436 e. The minimum absolute atomic E-state index is 0.650. The third kappa shape index (κ3) is 1.39. The minimum atomic E-state index is 0.650. The number of aromatic nitrogens is 1. The third-order valence-electron chi connectivity index (χ3n) is 2.18. The molecule has 4 heteroatoms. The van der Waals surface area contributed by atoms with E-state index in [0.29, 0.717) is 11.6 Å². The Hall–Kier alpha value is -1.81. The van der Waals surface area contributed by atoms with Crippen molar-refractivity contribution in [2.75, 3.05) is 5.73 Å². The zero-order chi connectivity index (χ0) is 10.3. The van der Waals surface area contributed by atoms with Gasteiger partial charge in [-0.1, -0.05) is 0 Å². The number of nitrogens with two attached hydrogens (primary N) is 1. The molecule has 0 bridgehead atoms. The molecule has 74 valence electrons. The van der Waals surface area contributed by atoms with Crippen LogP contribution in [0.5, 0.6) is 0 Å². The Bertz CT molecular complexity index is 598. The molecule has 0 fully saturated rings. The van der Waals surface area contributed by atoms with Gasteiger partial charge in [-0.25, -0.2) is 4.98 Å². The maximum absolute atomic E-state index is 5.67. The van der Waals surface area contributed by atoms with E-state index in [4.69, 9.17) is 10.2 Å². The first-order valence-electron chi connectivity index (χ1n) is 4.51. The second-order valence-electron chi connectivity index (χ2n) is 3.26. The molecule has 0 spiro atoms. The number of rotatable bonds is 1. The molecule has 2 heterocycles. The first-order valence-corrected chi connectivity index (χ1v) is 5.46. The molecule has 0 atom stereocenters. The fourth-order valence-electron chi connectivity index (χ4n) is 1.45. The molecule has 1 aromatic carbocycles. The van der Waals surface area contributed by atoms with Gasteiger partial charge in [0.1, 0.15) is 5.52 Å². The summed E-state index contributed by atoms with van der Waals surface area (Å²) in [6.07, 6.45) is 0. The molecular formula is C11H8N2OS. The number of oxazole rings is 1. The van der Waals surface area contributed by atoms with E-state index in [2.05, 4.69) is 4.98 Å². The van der Waals surface area contributed by atoms with Crippen LogP contribution in [0.15, 0.2) is 39.4 Å². The lowest BCUT2D eigenvalue weighted by Gasteiger charge is -1.88. The molecule has 0 amide bonds. The van der Waals surface area contributed by atoms with Crippen molar-refractivity contribution in [1.82, 2.24) is 4.98 Å². The Morgan fingerprint density at radius 3 is 3.00 bits per heavy atom. The van der Waals surface area contributed by atoms with Gasteiger partial charge in [-0.05, 0) is 23.6 Å². The van der Waals surface area contributed by atoms with Gasteiger partial charge in [0, 0.05) is 22.7 Å². The minimum Gasteiger partial charge on any atom is -0.436 e. The van der Waals surface area contributed by atoms with Crippen LogP contribution in [0, 0.1) is 0 Å². The highest BCUT2D eigenvalue weighted by Crippen LogP contribution is 2.26. The van der Waals surface area contributed by atoms with Crippen LogP contribution in [-0.4, -0.2) is 4.98 Å². The molecule has 2 N–H and O–H groups in total. The molecule has 3 nitrogen and oxygen atoms in total. The standard InChI is InChI=1S/C11H8N2OS/c12-8-1-2-9-10(5-8)14-11(13-9)7-3-4-15-6-7/h1-6H,12H2. The number of hydrogen-bond acceptors (Lipinski definition) is 4. The number of nitrogens with zero attached hydrogens (tertiary/aromatic N) is 1. The molecule has 0 saturated heterocycles. The lowest BCUT2D eigenvalue weighted by atomic mass is 10.3. The van der Waals surface area contributed by atoms with Crippen molar-refractivity contribution in [3.8, 4) is 11.5 Å². The predicted molar refractivity (Wildman–Crippen MR) is 61.7 cm³/mol. The number of fused-ring (bicyclic) bond motifs is 1. The summed E-state index contributed by atoms with van der Waals surface area (Å²) in [5, 5.41) is 4.01. The first-order chi connectivity index (χ1) is 7.33. The van der Waals surface area contributed by atoms with Gasteiger partial charge in [0.15, 0.2) is 5.58 Å². The van der Waals surface area contributed by atoms with E-state index in [1.807, 2.05) is 29.0 Å². The first kappa shape index (κ1) is 8.49. The van der Waals surface area contributed by atoms with Crippen molar-refractivity contribution in [1.29, 1.82) is 0 Å². The highest BCUT2D eigenvalue weighted by molar-refractivity contribution is 7.08. The van der Waals surface area contributed by atoms with Crippen LogP contribution in [0.1, 0.15) is 0 Å². The fraction of sp³-hybridized carbons (Fsp3) is 0. The monoisotopic (exact) mass is 216 g/mol. The van der Waals surface area contributed by atoms with E-state index >= 15 is 0 Å². The second-order valence-corrected chi connectivity index (χ2v) is 4.04. The average molecular weight is 216 g/mol. The molecule has 0 aliphatic carbocycles. The molecule has 0 saturated carbocycles. The van der Waals surface area contributed by atoms with Gasteiger partial charge in [0.25, 0.3) is 0 Å². The summed E-state index contributed by atoms with van der Waals surface area (Å²) >= 11 is 1.62. The van der Waals surface area contributed by atoms with Crippen molar-refractivity contribution in [2.45, 2.75) is 0 Å². The average Bonchev–Trinajstić information content (AvgIpc) is 2.84. The number of nitrogen functional groups attached to an aromatic ring is 1. The van der Waals surface area contributed by atoms with Gasteiger partial charge < -0.3 is 10.2 Å². The van der Waals surface area contributed by atoms with Crippen LogP contribution < -0.4 is 5.73 Å². The van der Waals surface area contributed by atoms with Crippen LogP contribution in [0.3, 0.4) is 0 Å². The molecular weight excluding hydrogens is 208 g/mol. The lowest BCUT2D eigenvalue weighted by Crippen LogP contribution is -1.81. The number of anilines is 1. The molecule has 0 radical (unpaired) electrons. The van der Waals surface area contributed by atoms with E-state index in [-0.39, 0.29) is 0 Å². The van der Waals surface area contributed by atoms with E-state index in [1.54, 1.807) is 17.4 Å². The van der Waals surface area contributed by atoms with Crippen molar-refractivity contribution in [3.63, 3.8) is 0 Å². The molecule has 0 unspecified atom stereocenters. The second kappa shape index (κ2) is 3.10. The molecule has 15 heavy (non-hydrogen) atoms. The van der Waals surface area contributed by atoms with Crippen molar-refractivity contribution in [3.05, 3.63) is 35.0 Å². The maximum atomic E-state index is 5.67. The molecule has 3 aromatic rings. The zero-order valence-electron chi connectivity index (χ0n) is 7.81. The van der Waals surface area contributed by atoms with Gasteiger partial charge in [0.2, 0.25) is 5.89 Å². The fourth-order valence-corrected chi connectivity index (χ4v) is 2.08. The Labute approximate surface area is 90.2 Å². The van der Waals surface area contributed by atoms with Gasteiger partial charge in [0.05, 0.1) is 0 Å². The Balaban J connectivity index is 2.22. The number of benzene rings is 1. The van der Waals surface area contributed by atoms with E-state index in [9.17, 15) is 0 Å². The normalized spacial score (nSPS) is 10.9. The Morgan fingerprint density at radius 1 is 1.27 bits per heavy atom. The van der Waals surface area contributed by atoms with Crippen LogP contribution >= 0.6 is 11.3 Å². The predicted octanol–water partition coefficient (Wildman–Crippen LogP) is 3.14. The van der Waals surface area contributed by atoms with Gasteiger partial charge in [-0.2, -0.15) is 11.3 Å². The summed E-state index contributed by atoms with van der Waals surface area (Å²) in [7, 11) is 0. The van der Waals surface area contributed by atoms with Gasteiger partial charge >= 0.3 is 0 Å². The molecule has 0 aliphatic heterocycles. The maximum Gasteiger partial charge on any atom is 0.228 e. The highest BCUT2D eigenvalue weighted by Gasteiger charge is 2.07. The lowest BCUT2D eigenvalue weighted by molar-refractivity contribution is 0.620. The summed E-state index contributed by atoms with van der Waals surface area (Å²) in [6.45, 7) is 0. The van der Waals surface area contributed by atoms with Crippen molar-refractivity contribution < 1.29 is 4.42 Å². The zero-order valence-corrected chi connectivity index (χ0v) is 8.62.